The summed E-state index contributed by atoms with van der Waals surface area (Å²) in [5.41, 5.74) is 9.02. The van der Waals surface area contributed by atoms with Crippen LogP contribution in [-0.2, 0) is 7.05 Å². The maximum Gasteiger partial charge on any atom is 0.207 e. The summed E-state index contributed by atoms with van der Waals surface area (Å²) in [6, 6.07) is 7.90. The molecular weight excluding hydrogens is 214 g/mol. The fourth-order valence-corrected chi connectivity index (χ4v) is 2.07. The summed E-state index contributed by atoms with van der Waals surface area (Å²) in [5, 5.41) is 4.36. The Morgan fingerprint density at radius 3 is 2.76 bits per heavy atom. The van der Waals surface area contributed by atoms with E-state index in [-0.39, 0.29) is 0 Å². The van der Waals surface area contributed by atoms with Crippen LogP contribution in [0.1, 0.15) is 5.56 Å². The maximum absolute atomic E-state index is 5.97. The van der Waals surface area contributed by atoms with Crippen molar-refractivity contribution in [1.82, 2.24) is 19.3 Å². The molecular formula is C12H13N5. The summed E-state index contributed by atoms with van der Waals surface area (Å²) in [6.45, 7) is 2.04. The van der Waals surface area contributed by atoms with E-state index in [9.17, 15) is 0 Å². The number of benzene rings is 1. The van der Waals surface area contributed by atoms with Gasteiger partial charge in [-0.25, -0.2) is 4.98 Å². The lowest BCUT2D eigenvalue weighted by Gasteiger charge is -2.03. The summed E-state index contributed by atoms with van der Waals surface area (Å²) >= 11 is 0. The molecule has 0 aliphatic heterocycles. The Bertz CT molecular complexity index is 692. The molecule has 0 atom stereocenters. The summed E-state index contributed by atoms with van der Waals surface area (Å²) in [5.74, 6) is 1.26. The van der Waals surface area contributed by atoms with Gasteiger partial charge >= 0.3 is 0 Å². The number of aromatic nitrogens is 4. The molecule has 17 heavy (non-hydrogen) atoms. The number of nitrogens with two attached hydrogens (primary N) is 1. The van der Waals surface area contributed by atoms with E-state index in [1.807, 2.05) is 49.0 Å². The molecule has 0 radical (unpaired) electrons. The van der Waals surface area contributed by atoms with Crippen LogP contribution in [0.15, 0.2) is 30.5 Å². The van der Waals surface area contributed by atoms with Gasteiger partial charge in [-0.2, -0.15) is 5.10 Å². The van der Waals surface area contributed by atoms with Crippen molar-refractivity contribution < 1.29 is 0 Å². The van der Waals surface area contributed by atoms with Crippen LogP contribution in [0, 0.1) is 6.92 Å². The summed E-state index contributed by atoms with van der Waals surface area (Å²) in [4.78, 5) is 4.35. The molecule has 2 N–H and O–H groups in total. The van der Waals surface area contributed by atoms with Crippen LogP contribution in [0.2, 0.25) is 0 Å². The third-order valence-electron chi connectivity index (χ3n) is 2.83. The number of nitrogen functional groups attached to an aromatic ring is 1. The van der Waals surface area contributed by atoms with E-state index in [0.29, 0.717) is 5.95 Å². The fourth-order valence-electron chi connectivity index (χ4n) is 2.07. The van der Waals surface area contributed by atoms with Crippen molar-refractivity contribution in [3.8, 4) is 5.82 Å². The molecule has 0 saturated heterocycles. The molecule has 3 aromatic rings. The summed E-state index contributed by atoms with van der Waals surface area (Å²) in [6.07, 6.45) is 1.89. The van der Waals surface area contributed by atoms with Crippen LogP contribution in [0.25, 0.3) is 16.9 Å². The average Bonchev–Trinajstić information content (AvgIpc) is 2.82. The van der Waals surface area contributed by atoms with Crippen molar-refractivity contribution in [2.75, 3.05) is 5.73 Å². The molecule has 0 spiro atoms. The average molecular weight is 227 g/mol. The second-order valence-corrected chi connectivity index (χ2v) is 4.10. The SMILES string of the molecule is Cc1cccc2nc(N)n(-c3ccn(C)n3)c12. The van der Waals surface area contributed by atoms with E-state index in [2.05, 4.69) is 10.1 Å². The highest BCUT2D eigenvalue weighted by atomic mass is 15.3. The number of fused-ring (bicyclic) bond motifs is 1. The topological polar surface area (TPSA) is 61.7 Å². The maximum atomic E-state index is 5.97. The number of hydrogen-bond donors (Lipinski definition) is 1. The summed E-state index contributed by atoms with van der Waals surface area (Å²) in [7, 11) is 1.88. The highest BCUT2D eigenvalue weighted by Crippen LogP contribution is 2.24. The largest absolute Gasteiger partial charge is 0.369 e. The number of aryl methyl sites for hydroxylation is 2. The van der Waals surface area contributed by atoms with E-state index in [1.54, 1.807) is 4.68 Å². The second-order valence-electron chi connectivity index (χ2n) is 4.10. The molecule has 5 nitrogen and oxygen atoms in total. The van der Waals surface area contributed by atoms with Gasteiger partial charge in [0.2, 0.25) is 5.95 Å². The van der Waals surface area contributed by atoms with Gasteiger partial charge in [0, 0.05) is 19.3 Å². The van der Waals surface area contributed by atoms with Crippen molar-refractivity contribution in [2.45, 2.75) is 6.92 Å². The first-order valence-corrected chi connectivity index (χ1v) is 5.40. The Morgan fingerprint density at radius 2 is 2.06 bits per heavy atom. The van der Waals surface area contributed by atoms with Crippen LogP contribution in [0.4, 0.5) is 5.95 Å². The number of anilines is 1. The zero-order valence-electron chi connectivity index (χ0n) is 9.75. The first kappa shape index (κ1) is 9.89. The number of para-hydroxylation sites is 1. The molecule has 86 valence electrons. The van der Waals surface area contributed by atoms with Gasteiger partial charge in [-0.3, -0.25) is 9.25 Å². The molecule has 0 aliphatic carbocycles. The number of rotatable bonds is 1. The van der Waals surface area contributed by atoms with Gasteiger partial charge in [-0.1, -0.05) is 12.1 Å². The van der Waals surface area contributed by atoms with Crippen molar-refractivity contribution >= 4 is 17.0 Å². The third-order valence-corrected chi connectivity index (χ3v) is 2.83. The zero-order valence-corrected chi connectivity index (χ0v) is 9.75. The van der Waals surface area contributed by atoms with Crippen LogP contribution in [0.5, 0.6) is 0 Å². The van der Waals surface area contributed by atoms with E-state index < -0.39 is 0 Å². The fraction of sp³-hybridized carbons (Fsp3) is 0.167. The molecule has 0 saturated carbocycles. The van der Waals surface area contributed by atoms with Gasteiger partial charge in [0.25, 0.3) is 0 Å². The van der Waals surface area contributed by atoms with Crippen LogP contribution in [0.3, 0.4) is 0 Å². The monoisotopic (exact) mass is 227 g/mol. The minimum Gasteiger partial charge on any atom is -0.369 e. The van der Waals surface area contributed by atoms with Gasteiger partial charge in [-0.15, -0.1) is 0 Å². The van der Waals surface area contributed by atoms with Gasteiger partial charge < -0.3 is 5.73 Å². The number of nitrogens with zero attached hydrogens (tertiary/aromatic N) is 4. The van der Waals surface area contributed by atoms with Gasteiger partial charge in [0.05, 0.1) is 11.0 Å². The van der Waals surface area contributed by atoms with E-state index in [4.69, 9.17) is 5.73 Å². The Balaban J connectivity index is 2.39. The van der Waals surface area contributed by atoms with Gasteiger partial charge in [0.15, 0.2) is 5.82 Å². The lowest BCUT2D eigenvalue weighted by atomic mass is 10.2. The van der Waals surface area contributed by atoms with Crippen LogP contribution < -0.4 is 5.73 Å². The standard InChI is InChI=1S/C12H13N5/c1-8-4-3-5-9-11(8)17(12(13)14-9)10-6-7-16(2)15-10/h3-7H,1-2H3,(H2,13,14). The highest BCUT2D eigenvalue weighted by Gasteiger charge is 2.13. The van der Waals surface area contributed by atoms with E-state index in [0.717, 1.165) is 22.4 Å². The Kier molecular flexibility index (Phi) is 1.95. The van der Waals surface area contributed by atoms with Gasteiger partial charge in [0.1, 0.15) is 0 Å². The molecule has 0 unspecified atom stereocenters. The highest BCUT2D eigenvalue weighted by molar-refractivity contribution is 5.83. The van der Waals surface area contributed by atoms with Crippen LogP contribution in [-0.4, -0.2) is 19.3 Å². The van der Waals surface area contributed by atoms with Crippen molar-refractivity contribution in [3.63, 3.8) is 0 Å². The number of imidazole rings is 1. The molecule has 0 bridgehead atoms. The second kappa shape index (κ2) is 3.35. The molecule has 0 aliphatic rings. The van der Waals surface area contributed by atoms with Gasteiger partial charge in [-0.05, 0) is 18.6 Å². The van der Waals surface area contributed by atoms with E-state index in [1.165, 1.54) is 0 Å². The summed E-state index contributed by atoms with van der Waals surface area (Å²) < 4.78 is 3.63. The molecule has 1 aromatic carbocycles. The third kappa shape index (κ3) is 1.39. The molecule has 0 fully saturated rings. The number of hydrogen-bond acceptors (Lipinski definition) is 3. The predicted octanol–water partition coefficient (Wildman–Crippen LogP) is 1.65. The molecule has 5 heteroatoms. The Hall–Kier alpha value is -2.30. The molecule has 2 aromatic heterocycles. The van der Waals surface area contributed by atoms with Crippen LogP contribution >= 0.6 is 0 Å². The van der Waals surface area contributed by atoms with E-state index >= 15 is 0 Å². The molecule has 2 heterocycles. The Labute approximate surface area is 98.5 Å². The first-order chi connectivity index (χ1) is 8.16. The minimum atomic E-state index is 0.466. The molecule has 0 amide bonds. The lowest BCUT2D eigenvalue weighted by molar-refractivity contribution is 0.754. The molecule has 3 rings (SSSR count). The van der Waals surface area contributed by atoms with Crippen molar-refractivity contribution in [3.05, 3.63) is 36.0 Å². The zero-order chi connectivity index (χ0) is 12.0. The van der Waals surface area contributed by atoms with Crippen molar-refractivity contribution in [1.29, 1.82) is 0 Å². The first-order valence-electron chi connectivity index (χ1n) is 5.40. The smallest absolute Gasteiger partial charge is 0.207 e. The lowest BCUT2D eigenvalue weighted by Crippen LogP contribution is -2.02. The predicted molar refractivity (Wildman–Crippen MR) is 67.0 cm³/mol. The van der Waals surface area contributed by atoms with Crippen molar-refractivity contribution in [2.24, 2.45) is 7.05 Å². The quantitative estimate of drug-likeness (QED) is 0.687. The minimum absolute atomic E-state index is 0.466. The Morgan fingerprint density at radius 1 is 1.24 bits per heavy atom. The normalized spacial score (nSPS) is 11.2.